The Hall–Kier alpha value is -1.92. The van der Waals surface area contributed by atoms with E-state index in [4.69, 9.17) is 5.11 Å². The Labute approximate surface area is 128 Å². The number of rotatable bonds is 5. The molecule has 0 aliphatic heterocycles. The summed E-state index contributed by atoms with van der Waals surface area (Å²) in [5.41, 5.74) is 2.67. The fourth-order valence-electron chi connectivity index (χ4n) is 1.85. The molecule has 0 bridgehead atoms. The summed E-state index contributed by atoms with van der Waals surface area (Å²) in [6.45, 7) is 3.82. The molecule has 6 heteroatoms. The van der Waals surface area contributed by atoms with E-state index < -0.39 is 0 Å². The molecule has 0 aliphatic rings. The van der Waals surface area contributed by atoms with Crippen molar-refractivity contribution in [3.63, 3.8) is 0 Å². The number of thiazole rings is 1. The van der Waals surface area contributed by atoms with Gasteiger partial charge in [-0.3, -0.25) is 0 Å². The second-order valence-electron chi connectivity index (χ2n) is 4.72. The fourth-order valence-corrected chi connectivity index (χ4v) is 2.47. The molecule has 2 aromatic rings. The lowest BCUT2D eigenvalue weighted by molar-refractivity contribution is 0.222. The van der Waals surface area contributed by atoms with Crippen LogP contribution in [0.15, 0.2) is 29.6 Å². The van der Waals surface area contributed by atoms with E-state index in [9.17, 15) is 4.79 Å². The number of benzene rings is 1. The summed E-state index contributed by atoms with van der Waals surface area (Å²) in [6, 6.07) is 6.99. The fraction of sp³-hybridized carbons (Fsp3) is 0.333. The zero-order valence-corrected chi connectivity index (χ0v) is 12.9. The summed E-state index contributed by atoms with van der Waals surface area (Å²) >= 11 is 1.61. The Balaban J connectivity index is 1.98. The molecule has 0 aliphatic carbocycles. The molecular formula is C15H19N3O2S. The first-order chi connectivity index (χ1) is 10.1. The highest BCUT2D eigenvalue weighted by atomic mass is 32.1. The number of aromatic nitrogens is 1. The van der Waals surface area contributed by atoms with Crippen LogP contribution in [0.25, 0.3) is 11.3 Å². The minimum atomic E-state index is -0.312. The number of carbonyl (C=O) groups excluding carboxylic acids is 1. The molecule has 0 radical (unpaired) electrons. The predicted octanol–water partition coefficient (Wildman–Crippen LogP) is 3.01. The van der Waals surface area contributed by atoms with Crippen molar-refractivity contribution in [2.75, 3.05) is 11.9 Å². The third-order valence-electron chi connectivity index (χ3n) is 3.11. The second-order valence-corrected chi connectivity index (χ2v) is 5.78. The summed E-state index contributed by atoms with van der Waals surface area (Å²) in [6.07, 6.45) is 0.687. The first-order valence-electron chi connectivity index (χ1n) is 6.83. The van der Waals surface area contributed by atoms with E-state index in [-0.39, 0.29) is 18.7 Å². The minimum absolute atomic E-state index is 0.0635. The van der Waals surface area contributed by atoms with Gasteiger partial charge in [0, 0.05) is 16.6 Å². The SMILES string of the molecule is CCC(CO)NC(=O)Nc1ccc(-c2csc(C)n2)cc1. The van der Waals surface area contributed by atoms with Crippen molar-refractivity contribution in [1.82, 2.24) is 10.3 Å². The maximum absolute atomic E-state index is 11.8. The highest BCUT2D eigenvalue weighted by Gasteiger charge is 2.09. The Morgan fingerprint density at radius 1 is 1.38 bits per heavy atom. The summed E-state index contributed by atoms with van der Waals surface area (Å²) in [7, 11) is 0. The molecule has 0 spiro atoms. The number of aryl methyl sites for hydroxylation is 1. The van der Waals surface area contributed by atoms with Crippen LogP contribution in [0.4, 0.5) is 10.5 Å². The topological polar surface area (TPSA) is 74.2 Å². The van der Waals surface area contributed by atoms with Gasteiger partial charge in [0.2, 0.25) is 0 Å². The molecule has 5 nitrogen and oxygen atoms in total. The number of aliphatic hydroxyl groups is 1. The van der Waals surface area contributed by atoms with Crippen molar-refractivity contribution in [3.05, 3.63) is 34.7 Å². The van der Waals surface area contributed by atoms with Crippen molar-refractivity contribution >= 4 is 23.1 Å². The number of aliphatic hydroxyl groups excluding tert-OH is 1. The maximum Gasteiger partial charge on any atom is 0.319 e. The van der Waals surface area contributed by atoms with E-state index in [1.807, 2.05) is 43.5 Å². The van der Waals surface area contributed by atoms with Crippen LogP contribution in [0.5, 0.6) is 0 Å². The van der Waals surface area contributed by atoms with Crippen LogP contribution in [-0.2, 0) is 0 Å². The monoisotopic (exact) mass is 305 g/mol. The van der Waals surface area contributed by atoms with E-state index >= 15 is 0 Å². The molecule has 21 heavy (non-hydrogen) atoms. The third-order valence-corrected chi connectivity index (χ3v) is 3.88. The van der Waals surface area contributed by atoms with Gasteiger partial charge in [-0.2, -0.15) is 0 Å². The molecule has 1 aromatic carbocycles. The molecule has 1 unspecified atom stereocenters. The average Bonchev–Trinajstić information content (AvgIpc) is 2.92. The van der Waals surface area contributed by atoms with Gasteiger partial charge in [-0.05, 0) is 25.5 Å². The quantitative estimate of drug-likeness (QED) is 0.795. The standard InChI is InChI=1S/C15H19N3O2S/c1-3-12(8-19)17-15(20)18-13-6-4-11(5-7-13)14-9-21-10(2)16-14/h4-7,9,12,19H,3,8H2,1-2H3,(H2,17,18,20). The van der Waals surface area contributed by atoms with E-state index in [1.54, 1.807) is 11.3 Å². The number of hydrogen-bond donors (Lipinski definition) is 3. The lowest BCUT2D eigenvalue weighted by atomic mass is 10.1. The number of nitrogens with zero attached hydrogens (tertiary/aromatic N) is 1. The van der Waals surface area contributed by atoms with Gasteiger partial charge in [-0.15, -0.1) is 11.3 Å². The summed E-state index contributed by atoms with van der Waals surface area (Å²) in [5, 5.41) is 17.5. The van der Waals surface area contributed by atoms with Gasteiger partial charge in [-0.1, -0.05) is 19.1 Å². The van der Waals surface area contributed by atoms with Gasteiger partial charge in [0.1, 0.15) is 0 Å². The first-order valence-corrected chi connectivity index (χ1v) is 7.71. The Morgan fingerprint density at radius 3 is 2.62 bits per heavy atom. The van der Waals surface area contributed by atoms with E-state index in [0.717, 1.165) is 16.3 Å². The van der Waals surface area contributed by atoms with Crippen molar-refractivity contribution in [2.45, 2.75) is 26.3 Å². The molecule has 0 saturated heterocycles. The largest absolute Gasteiger partial charge is 0.394 e. The minimum Gasteiger partial charge on any atom is -0.394 e. The summed E-state index contributed by atoms with van der Waals surface area (Å²) in [5.74, 6) is 0. The molecule has 1 atom stereocenters. The Bertz CT molecular complexity index is 591. The van der Waals surface area contributed by atoms with Gasteiger partial charge in [0.05, 0.1) is 23.4 Å². The second kappa shape index (κ2) is 7.19. The van der Waals surface area contributed by atoms with Gasteiger partial charge >= 0.3 is 6.03 Å². The summed E-state index contributed by atoms with van der Waals surface area (Å²) < 4.78 is 0. The lowest BCUT2D eigenvalue weighted by Gasteiger charge is -2.14. The smallest absolute Gasteiger partial charge is 0.319 e. The highest BCUT2D eigenvalue weighted by Crippen LogP contribution is 2.23. The van der Waals surface area contributed by atoms with Crippen LogP contribution in [0.3, 0.4) is 0 Å². The molecule has 0 saturated carbocycles. The molecule has 0 fully saturated rings. The van der Waals surface area contributed by atoms with Crippen LogP contribution in [0.2, 0.25) is 0 Å². The van der Waals surface area contributed by atoms with Crippen molar-refractivity contribution < 1.29 is 9.90 Å². The molecule has 2 rings (SSSR count). The van der Waals surface area contributed by atoms with Gasteiger partial charge in [0.25, 0.3) is 0 Å². The molecule has 3 N–H and O–H groups in total. The number of hydrogen-bond acceptors (Lipinski definition) is 4. The maximum atomic E-state index is 11.8. The number of urea groups is 1. The Kier molecular flexibility index (Phi) is 5.30. The zero-order chi connectivity index (χ0) is 15.2. The van der Waals surface area contributed by atoms with Crippen LogP contribution in [0, 0.1) is 6.92 Å². The van der Waals surface area contributed by atoms with Gasteiger partial charge < -0.3 is 15.7 Å². The van der Waals surface area contributed by atoms with Crippen LogP contribution in [0.1, 0.15) is 18.4 Å². The average molecular weight is 305 g/mol. The summed E-state index contributed by atoms with van der Waals surface area (Å²) in [4.78, 5) is 16.2. The Morgan fingerprint density at radius 2 is 2.10 bits per heavy atom. The highest BCUT2D eigenvalue weighted by molar-refractivity contribution is 7.09. The number of anilines is 1. The van der Waals surface area contributed by atoms with Crippen LogP contribution >= 0.6 is 11.3 Å². The van der Waals surface area contributed by atoms with Crippen molar-refractivity contribution in [2.24, 2.45) is 0 Å². The molecule has 112 valence electrons. The van der Waals surface area contributed by atoms with Gasteiger partial charge in [-0.25, -0.2) is 9.78 Å². The van der Waals surface area contributed by atoms with E-state index in [1.165, 1.54) is 0 Å². The first kappa shape index (κ1) is 15.5. The van der Waals surface area contributed by atoms with Crippen LogP contribution < -0.4 is 10.6 Å². The molecular weight excluding hydrogens is 286 g/mol. The van der Waals surface area contributed by atoms with E-state index in [2.05, 4.69) is 15.6 Å². The van der Waals surface area contributed by atoms with Gasteiger partial charge in [0.15, 0.2) is 0 Å². The molecule has 2 amide bonds. The van der Waals surface area contributed by atoms with E-state index in [0.29, 0.717) is 12.1 Å². The molecule has 1 aromatic heterocycles. The zero-order valence-electron chi connectivity index (χ0n) is 12.1. The number of amides is 2. The predicted molar refractivity (Wildman–Crippen MR) is 85.6 cm³/mol. The molecule has 1 heterocycles. The third kappa shape index (κ3) is 4.27. The number of carbonyl (C=O) groups is 1. The normalized spacial score (nSPS) is 12.0. The number of nitrogens with one attached hydrogen (secondary N) is 2. The van der Waals surface area contributed by atoms with Crippen molar-refractivity contribution in [1.29, 1.82) is 0 Å². The van der Waals surface area contributed by atoms with Crippen molar-refractivity contribution in [3.8, 4) is 11.3 Å². The van der Waals surface area contributed by atoms with Crippen LogP contribution in [-0.4, -0.2) is 28.8 Å². The lowest BCUT2D eigenvalue weighted by Crippen LogP contribution is -2.39.